The Balaban J connectivity index is 1.84. The molecule has 0 fully saturated rings. The normalized spacial score (nSPS) is 12.8. The molecule has 3 rings (SSSR count). The number of rotatable bonds is 4. The zero-order chi connectivity index (χ0) is 17.4. The first kappa shape index (κ1) is 19.0. The molecular formula is C15H10Br5N3O. The first-order valence-electron chi connectivity index (χ1n) is 6.88. The second-order valence-electron chi connectivity index (χ2n) is 5.11. The largest absolute Gasteiger partial charge is 0.388 e. The van der Waals surface area contributed by atoms with Gasteiger partial charge >= 0.3 is 0 Å². The minimum Gasteiger partial charge on any atom is -0.388 e. The number of aryl methyl sites for hydroxylation is 1. The first-order valence-corrected chi connectivity index (χ1v) is 10.8. The minimum absolute atomic E-state index is 0.510. The Labute approximate surface area is 180 Å². The van der Waals surface area contributed by atoms with E-state index in [1.54, 1.807) is 4.80 Å². The Hall–Kier alpha value is 0.200. The van der Waals surface area contributed by atoms with Crippen molar-refractivity contribution in [3.05, 3.63) is 52.2 Å². The fraction of sp³-hybridized carbons (Fsp3) is 0.200. The molecule has 1 heterocycles. The molecule has 24 heavy (non-hydrogen) atoms. The lowest BCUT2D eigenvalue weighted by Crippen LogP contribution is -2.07. The molecule has 1 N–H and O–H groups in total. The van der Waals surface area contributed by atoms with Crippen molar-refractivity contribution in [1.82, 2.24) is 15.0 Å². The first-order chi connectivity index (χ1) is 11.4. The summed E-state index contributed by atoms with van der Waals surface area (Å²) in [5.74, 6) is 0. The molecule has 0 radical (unpaired) electrons. The van der Waals surface area contributed by atoms with Crippen LogP contribution in [0.25, 0.3) is 11.0 Å². The highest BCUT2D eigenvalue weighted by molar-refractivity contribution is 9.15. The van der Waals surface area contributed by atoms with Crippen LogP contribution in [0.15, 0.2) is 46.6 Å². The van der Waals surface area contributed by atoms with Crippen molar-refractivity contribution in [1.29, 1.82) is 0 Å². The van der Waals surface area contributed by atoms with E-state index in [4.69, 9.17) is 0 Å². The van der Waals surface area contributed by atoms with Crippen LogP contribution in [0.1, 0.15) is 18.1 Å². The number of hydrogen-bond acceptors (Lipinski definition) is 3. The minimum atomic E-state index is -0.568. The van der Waals surface area contributed by atoms with Gasteiger partial charge < -0.3 is 5.11 Å². The fourth-order valence-corrected chi connectivity index (χ4v) is 4.91. The highest BCUT2D eigenvalue weighted by Crippen LogP contribution is 2.42. The molecule has 0 bridgehead atoms. The molecule has 1 atom stereocenters. The molecule has 1 unspecified atom stereocenters. The van der Waals surface area contributed by atoms with Gasteiger partial charge in [0, 0.05) is 13.4 Å². The average molecular weight is 648 g/mol. The number of aliphatic hydroxyl groups excluding tert-OH is 1. The van der Waals surface area contributed by atoms with E-state index in [0.717, 1.165) is 39.0 Å². The van der Waals surface area contributed by atoms with Crippen molar-refractivity contribution < 1.29 is 5.11 Å². The number of nitrogens with zero attached hydrogens (tertiary/aromatic N) is 3. The second kappa shape index (κ2) is 7.84. The highest BCUT2D eigenvalue weighted by atomic mass is 79.9. The Bertz CT molecular complexity index is 867. The van der Waals surface area contributed by atoms with Crippen LogP contribution >= 0.6 is 79.6 Å². The summed E-state index contributed by atoms with van der Waals surface area (Å²) >= 11 is 17.5. The van der Waals surface area contributed by atoms with Crippen molar-refractivity contribution in [2.75, 3.05) is 0 Å². The Morgan fingerprint density at radius 3 is 2.04 bits per heavy atom. The smallest absolute Gasteiger partial charge is 0.129 e. The lowest BCUT2D eigenvalue weighted by molar-refractivity contribution is 0.157. The van der Waals surface area contributed by atoms with E-state index in [0.29, 0.717) is 13.0 Å². The number of aromatic nitrogens is 3. The summed E-state index contributed by atoms with van der Waals surface area (Å²) in [4.78, 5) is 1.61. The third kappa shape index (κ3) is 3.81. The summed E-state index contributed by atoms with van der Waals surface area (Å²) in [5, 5.41) is 19.4. The second-order valence-corrected chi connectivity index (χ2v) is 9.20. The number of fused-ring (bicyclic) bond motifs is 1. The Morgan fingerprint density at radius 2 is 1.50 bits per heavy atom. The summed E-state index contributed by atoms with van der Waals surface area (Å²) in [6, 6.07) is 7.66. The SMILES string of the molecule is OC(CCn1nc2c(Br)c(Br)c(Br)c(Br)c2n1)c1cccc(Br)c1. The third-order valence-corrected chi connectivity index (χ3v) is 8.70. The van der Waals surface area contributed by atoms with Gasteiger partial charge in [-0.05, 0) is 87.8 Å². The van der Waals surface area contributed by atoms with Gasteiger partial charge in [0.15, 0.2) is 0 Å². The summed E-state index contributed by atoms with van der Waals surface area (Å²) in [6.45, 7) is 0.510. The van der Waals surface area contributed by atoms with Gasteiger partial charge in [0.05, 0.1) is 21.6 Å². The van der Waals surface area contributed by atoms with Crippen LogP contribution in [0.5, 0.6) is 0 Å². The van der Waals surface area contributed by atoms with Crippen LogP contribution in [0.3, 0.4) is 0 Å². The molecule has 0 amide bonds. The lowest BCUT2D eigenvalue weighted by atomic mass is 10.1. The van der Waals surface area contributed by atoms with Crippen LogP contribution in [0, 0.1) is 0 Å². The molecule has 0 aliphatic heterocycles. The van der Waals surface area contributed by atoms with Crippen molar-refractivity contribution in [3.63, 3.8) is 0 Å². The van der Waals surface area contributed by atoms with Crippen molar-refractivity contribution in [2.24, 2.45) is 0 Å². The molecule has 126 valence electrons. The monoisotopic (exact) mass is 643 g/mol. The van der Waals surface area contributed by atoms with E-state index >= 15 is 0 Å². The van der Waals surface area contributed by atoms with Crippen LogP contribution < -0.4 is 0 Å². The Kier molecular flexibility index (Phi) is 6.20. The molecule has 3 aromatic rings. The molecule has 0 aliphatic carbocycles. The molecule has 0 saturated carbocycles. The van der Waals surface area contributed by atoms with Gasteiger partial charge in [-0.2, -0.15) is 15.0 Å². The maximum atomic E-state index is 10.4. The predicted molar refractivity (Wildman–Crippen MR) is 112 cm³/mol. The molecule has 4 nitrogen and oxygen atoms in total. The van der Waals surface area contributed by atoms with Crippen molar-refractivity contribution >= 4 is 90.7 Å². The molecule has 2 aromatic carbocycles. The van der Waals surface area contributed by atoms with Crippen LogP contribution in [0.4, 0.5) is 0 Å². The number of aliphatic hydroxyl groups is 1. The topological polar surface area (TPSA) is 50.9 Å². The quantitative estimate of drug-likeness (QED) is 0.265. The van der Waals surface area contributed by atoms with Crippen LogP contribution in [0.2, 0.25) is 0 Å². The van der Waals surface area contributed by atoms with Gasteiger partial charge in [-0.3, -0.25) is 0 Å². The zero-order valence-electron chi connectivity index (χ0n) is 12.0. The van der Waals surface area contributed by atoms with Gasteiger partial charge in [0.25, 0.3) is 0 Å². The molecule has 0 spiro atoms. The van der Waals surface area contributed by atoms with Gasteiger partial charge in [-0.1, -0.05) is 28.1 Å². The summed E-state index contributed by atoms with van der Waals surface area (Å²) in [7, 11) is 0. The van der Waals surface area contributed by atoms with Crippen molar-refractivity contribution in [3.8, 4) is 0 Å². The maximum absolute atomic E-state index is 10.4. The standard InChI is InChI=1S/C15H10Br5N3O/c16-8-3-1-2-7(6-8)9(24)4-5-23-21-14-12(19)10(17)11(18)13(20)15(14)22-23/h1-3,6,9,24H,4-5H2. The van der Waals surface area contributed by atoms with Crippen LogP contribution in [-0.2, 0) is 6.54 Å². The van der Waals surface area contributed by atoms with Gasteiger partial charge in [-0.15, -0.1) is 0 Å². The number of halogens is 5. The van der Waals surface area contributed by atoms with E-state index in [1.807, 2.05) is 24.3 Å². The van der Waals surface area contributed by atoms with E-state index in [1.165, 1.54) is 0 Å². The van der Waals surface area contributed by atoms with E-state index in [2.05, 4.69) is 89.8 Å². The maximum Gasteiger partial charge on any atom is 0.129 e. The molecule has 9 heteroatoms. The van der Waals surface area contributed by atoms with Gasteiger partial charge in [-0.25, -0.2) is 0 Å². The molecule has 0 aliphatic rings. The van der Waals surface area contributed by atoms with Crippen LogP contribution in [-0.4, -0.2) is 20.1 Å². The van der Waals surface area contributed by atoms with Gasteiger partial charge in [0.1, 0.15) is 11.0 Å². The highest BCUT2D eigenvalue weighted by Gasteiger charge is 2.18. The van der Waals surface area contributed by atoms with E-state index in [-0.39, 0.29) is 0 Å². The molecule has 0 saturated heterocycles. The van der Waals surface area contributed by atoms with E-state index in [9.17, 15) is 5.11 Å². The van der Waals surface area contributed by atoms with E-state index < -0.39 is 6.10 Å². The summed E-state index contributed by atoms with van der Waals surface area (Å²) < 4.78 is 4.38. The Morgan fingerprint density at radius 1 is 0.917 bits per heavy atom. The lowest BCUT2D eigenvalue weighted by Gasteiger charge is -2.10. The summed E-state index contributed by atoms with van der Waals surface area (Å²) in [6.07, 6.45) is -0.0448. The van der Waals surface area contributed by atoms with Crippen molar-refractivity contribution in [2.45, 2.75) is 19.1 Å². The van der Waals surface area contributed by atoms with Gasteiger partial charge in [0.2, 0.25) is 0 Å². The predicted octanol–water partition coefficient (Wildman–Crippen LogP) is 6.37. The summed E-state index contributed by atoms with van der Waals surface area (Å²) in [5.41, 5.74) is 2.39. The zero-order valence-corrected chi connectivity index (χ0v) is 19.9. The fourth-order valence-electron chi connectivity index (χ4n) is 2.26. The average Bonchev–Trinajstić information content (AvgIpc) is 3.00. The number of benzene rings is 2. The molecular weight excluding hydrogens is 638 g/mol. The third-order valence-electron chi connectivity index (χ3n) is 3.49. The number of hydrogen-bond donors (Lipinski definition) is 1. The molecule has 1 aromatic heterocycles.